The Bertz CT molecular complexity index is 718. The van der Waals surface area contributed by atoms with Gasteiger partial charge < -0.3 is 5.32 Å². The van der Waals surface area contributed by atoms with Crippen LogP contribution in [0.3, 0.4) is 0 Å². The van der Waals surface area contributed by atoms with Crippen LogP contribution in [0.1, 0.15) is 12.5 Å². The highest BCUT2D eigenvalue weighted by Crippen LogP contribution is 2.25. The Morgan fingerprint density at radius 1 is 1.35 bits per heavy atom. The summed E-state index contributed by atoms with van der Waals surface area (Å²) in [6.07, 6.45) is 1.53. The van der Waals surface area contributed by atoms with Crippen LogP contribution in [-0.2, 0) is 11.8 Å². The topological polar surface area (TPSA) is 64.0 Å². The van der Waals surface area contributed by atoms with Crippen LogP contribution in [0.2, 0.25) is 0 Å². The van der Waals surface area contributed by atoms with Crippen LogP contribution >= 0.6 is 0 Å². The van der Waals surface area contributed by atoms with E-state index in [1.165, 1.54) is 17.7 Å². The second kappa shape index (κ2) is 5.52. The fourth-order valence-corrected chi connectivity index (χ4v) is 1.95. The summed E-state index contributed by atoms with van der Waals surface area (Å²) in [4.78, 5) is 23.4. The Hall–Kier alpha value is -2.69. The van der Waals surface area contributed by atoms with E-state index < -0.39 is 0 Å². The van der Waals surface area contributed by atoms with Crippen LogP contribution in [0, 0.1) is 0 Å². The van der Waals surface area contributed by atoms with Crippen LogP contribution in [0.25, 0.3) is 17.3 Å². The van der Waals surface area contributed by atoms with Crippen molar-refractivity contribution in [1.29, 1.82) is 0 Å². The smallest absolute Gasteiger partial charge is 0.290 e. The number of nitrogens with zero attached hydrogens (tertiary/aromatic N) is 2. The lowest BCUT2D eigenvalue weighted by Crippen LogP contribution is -2.27. The lowest BCUT2D eigenvalue weighted by Gasteiger charge is -2.12. The van der Waals surface area contributed by atoms with Gasteiger partial charge in [0.2, 0.25) is 5.91 Å². The predicted octanol–water partition coefficient (Wildman–Crippen LogP) is 2.05. The van der Waals surface area contributed by atoms with E-state index in [1.54, 1.807) is 7.05 Å². The number of nitrogens with one attached hydrogen (secondary N) is 1. The van der Waals surface area contributed by atoms with Gasteiger partial charge in [-0.15, -0.1) is 0 Å². The first-order chi connectivity index (χ1) is 9.54. The molecule has 1 heterocycles. The average molecular weight is 269 g/mol. The second-order valence-electron chi connectivity index (χ2n) is 4.32. The van der Waals surface area contributed by atoms with Crippen molar-refractivity contribution < 1.29 is 4.79 Å². The van der Waals surface area contributed by atoms with E-state index in [0.717, 1.165) is 5.56 Å². The normalized spacial score (nSPS) is 10.1. The summed E-state index contributed by atoms with van der Waals surface area (Å²) < 4.78 is 1.21. The van der Waals surface area contributed by atoms with Crippen LogP contribution in [0.15, 0.2) is 41.7 Å². The number of carbonyl (C=O) groups is 1. The molecule has 0 aliphatic rings. The van der Waals surface area contributed by atoms with Gasteiger partial charge in [0.1, 0.15) is 11.4 Å². The molecule has 0 aliphatic heterocycles. The maximum atomic E-state index is 12.1. The molecule has 5 heteroatoms. The minimum Gasteiger partial charge on any atom is -0.321 e. The molecule has 1 N–H and O–H groups in total. The molecular formula is C15H15N3O2. The number of aryl methyl sites for hydroxylation is 1. The first-order valence-electron chi connectivity index (χ1n) is 6.11. The van der Waals surface area contributed by atoms with E-state index in [2.05, 4.69) is 17.0 Å². The van der Waals surface area contributed by atoms with Gasteiger partial charge in [0.05, 0.1) is 0 Å². The molecule has 1 aromatic heterocycles. The van der Waals surface area contributed by atoms with E-state index in [1.807, 2.05) is 30.3 Å². The maximum Gasteiger partial charge on any atom is 0.290 e. The minimum absolute atomic E-state index is 0.198. The first kappa shape index (κ1) is 13.7. The summed E-state index contributed by atoms with van der Waals surface area (Å²) in [5.74, 6) is -0.310. The van der Waals surface area contributed by atoms with E-state index in [9.17, 15) is 9.59 Å². The molecule has 0 atom stereocenters. The van der Waals surface area contributed by atoms with Crippen LogP contribution in [-0.4, -0.2) is 15.7 Å². The van der Waals surface area contributed by atoms with Crippen molar-refractivity contribution in [2.75, 3.05) is 5.32 Å². The monoisotopic (exact) mass is 269 g/mol. The fraction of sp³-hybridized carbons (Fsp3) is 0.133. The zero-order valence-corrected chi connectivity index (χ0v) is 11.4. The van der Waals surface area contributed by atoms with Crippen molar-refractivity contribution >= 4 is 17.7 Å². The third kappa shape index (κ3) is 2.51. The van der Waals surface area contributed by atoms with Gasteiger partial charge in [0.15, 0.2) is 0 Å². The average Bonchev–Trinajstić information content (AvgIpc) is 2.44. The summed E-state index contributed by atoms with van der Waals surface area (Å²) in [6, 6.07) is 9.43. The van der Waals surface area contributed by atoms with E-state index in [4.69, 9.17) is 0 Å². The number of hydrogen-bond acceptors (Lipinski definition) is 3. The number of anilines is 1. The van der Waals surface area contributed by atoms with Gasteiger partial charge in [-0.3, -0.25) is 9.59 Å². The molecule has 1 amide bonds. The van der Waals surface area contributed by atoms with E-state index in [-0.39, 0.29) is 17.2 Å². The molecule has 2 rings (SSSR count). The molecule has 0 spiro atoms. The second-order valence-corrected chi connectivity index (χ2v) is 4.32. The third-order valence-electron chi connectivity index (χ3n) is 2.83. The fourth-order valence-electron chi connectivity index (χ4n) is 1.95. The summed E-state index contributed by atoms with van der Waals surface area (Å²) in [5.41, 5.74) is 1.81. The summed E-state index contributed by atoms with van der Waals surface area (Å²) in [7, 11) is 1.55. The van der Waals surface area contributed by atoms with E-state index in [0.29, 0.717) is 11.3 Å². The zero-order valence-electron chi connectivity index (χ0n) is 11.4. The Labute approximate surface area is 116 Å². The van der Waals surface area contributed by atoms with Crippen LogP contribution < -0.4 is 10.9 Å². The molecule has 1 aromatic carbocycles. The van der Waals surface area contributed by atoms with Gasteiger partial charge in [-0.05, 0) is 0 Å². The summed E-state index contributed by atoms with van der Waals surface area (Å²) in [5, 5.41) is 6.82. The van der Waals surface area contributed by atoms with Crippen molar-refractivity contribution in [3.63, 3.8) is 0 Å². The first-order valence-corrected chi connectivity index (χ1v) is 6.11. The van der Waals surface area contributed by atoms with Crippen LogP contribution in [0.4, 0.5) is 5.69 Å². The van der Waals surface area contributed by atoms with Gasteiger partial charge >= 0.3 is 0 Å². The molecular weight excluding hydrogens is 254 g/mol. The molecule has 0 bridgehead atoms. The van der Waals surface area contributed by atoms with Crippen molar-refractivity contribution in [1.82, 2.24) is 9.78 Å². The van der Waals surface area contributed by atoms with Gasteiger partial charge in [-0.25, -0.2) is 4.68 Å². The molecule has 0 unspecified atom stereocenters. The lowest BCUT2D eigenvalue weighted by molar-refractivity contribution is -0.114. The van der Waals surface area contributed by atoms with Crippen molar-refractivity contribution in [2.24, 2.45) is 7.05 Å². The number of benzene rings is 1. The molecule has 0 saturated heterocycles. The highest BCUT2D eigenvalue weighted by molar-refractivity contribution is 5.93. The summed E-state index contributed by atoms with van der Waals surface area (Å²) in [6.45, 7) is 5.07. The van der Waals surface area contributed by atoms with Crippen LogP contribution in [0.5, 0.6) is 0 Å². The maximum absolute atomic E-state index is 12.1. The zero-order chi connectivity index (χ0) is 14.7. The number of amides is 1. The van der Waals surface area contributed by atoms with Gasteiger partial charge in [0, 0.05) is 25.1 Å². The number of hydrogen-bond donors (Lipinski definition) is 1. The standard InChI is InChI=1S/C15H15N3O2/c1-4-12-13(11-8-6-5-7-9-11)17-18(3)15(20)14(12)16-10(2)19/h4-9H,1H2,2-3H3,(H,16,19). The van der Waals surface area contributed by atoms with Crippen molar-refractivity contribution in [2.45, 2.75) is 6.92 Å². The molecule has 0 fully saturated rings. The molecule has 0 radical (unpaired) electrons. The molecule has 5 nitrogen and oxygen atoms in total. The quantitative estimate of drug-likeness (QED) is 0.927. The van der Waals surface area contributed by atoms with Gasteiger partial charge in [-0.2, -0.15) is 5.10 Å². The molecule has 2 aromatic rings. The van der Waals surface area contributed by atoms with Gasteiger partial charge in [-0.1, -0.05) is 43.0 Å². The Kier molecular flexibility index (Phi) is 3.79. The Balaban J connectivity index is 2.76. The Morgan fingerprint density at radius 2 is 2.00 bits per heavy atom. The molecule has 0 saturated carbocycles. The Morgan fingerprint density at radius 3 is 2.55 bits per heavy atom. The number of carbonyl (C=O) groups excluding carboxylic acids is 1. The SMILES string of the molecule is C=Cc1c(-c2ccccc2)nn(C)c(=O)c1NC(C)=O. The van der Waals surface area contributed by atoms with Crippen molar-refractivity contribution in [3.8, 4) is 11.3 Å². The van der Waals surface area contributed by atoms with Crippen molar-refractivity contribution in [3.05, 3.63) is 52.8 Å². The summed E-state index contributed by atoms with van der Waals surface area (Å²) >= 11 is 0. The third-order valence-corrected chi connectivity index (χ3v) is 2.83. The lowest BCUT2D eigenvalue weighted by atomic mass is 10.1. The highest BCUT2D eigenvalue weighted by atomic mass is 16.2. The largest absolute Gasteiger partial charge is 0.321 e. The molecule has 20 heavy (non-hydrogen) atoms. The van der Waals surface area contributed by atoms with Gasteiger partial charge in [0.25, 0.3) is 5.56 Å². The predicted molar refractivity (Wildman–Crippen MR) is 79.3 cm³/mol. The molecule has 0 aliphatic carbocycles. The highest BCUT2D eigenvalue weighted by Gasteiger charge is 2.16. The molecule has 102 valence electrons. The number of rotatable bonds is 3. The van der Waals surface area contributed by atoms with E-state index >= 15 is 0 Å². The number of aromatic nitrogens is 2. The minimum atomic E-state index is -0.366.